The second kappa shape index (κ2) is 5.53. The molecule has 2 unspecified atom stereocenters. The maximum Gasteiger partial charge on any atom is 0.227 e. The average molecular weight is 286 g/mol. The van der Waals surface area contributed by atoms with Crippen molar-refractivity contribution < 1.29 is 9.90 Å². The van der Waals surface area contributed by atoms with Crippen LogP contribution in [0.4, 0.5) is 0 Å². The zero-order valence-corrected chi connectivity index (χ0v) is 12.6. The molecule has 21 heavy (non-hydrogen) atoms. The van der Waals surface area contributed by atoms with Gasteiger partial charge in [-0.1, -0.05) is 25.1 Å². The standard InChI is InChI=1S/C17H22N2O2/c1-11-10-19(8-7-16(11)20)17(21)9-14-12(2)18-15-6-4-3-5-13(14)15/h3-6,11,16,18,20H,7-10H2,1-2H3. The van der Waals surface area contributed by atoms with Gasteiger partial charge in [-0.05, 0) is 30.9 Å². The van der Waals surface area contributed by atoms with E-state index >= 15 is 0 Å². The summed E-state index contributed by atoms with van der Waals surface area (Å²) in [6.07, 6.45) is 0.835. The fourth-order valence-corrected chi connectivity index (χ4v) is 3.19. The van der Waals surface area contributed by atoms with Gasteiger partial charge in [0.2, 0.25) is 5.91 Å². The predicted octanol–water partition coefficient (Wildman–Crippen LogP) is 2.25. The van der Waals surface area contributed by atoms with Gasteiger partial charge in [0.05, 0.1) is 12.5 Å². The van der Waals surface area contributed by atoms with E-state index in [1.54, 1.807) is 0 Å². The van der Waals surface area contributed by atoms with Crippen molar-refractivity contribution >= 4 is 16.8 Å². The molecule has 2 heterocycles. The van der Waals surface area contributed by atoms with Crippen molar-refractivity contribution in [1.82, 2.24) is 9.88 Å². The topological polar surface area (TPSA) is 56.3 Å². The molecule has 1 aromatic carbocycles. The van der Waals surface area contributed by atoms with Crippen LogP contribution in [0.3, 0.4) is 0 Å². The Kier molecular flexibility index (Phi) is 3.72. The van der Waals surface area contributed by atoms with Gasteiger partial charge in [-0.15, -0.1) is 0 Å². The van der Waals surface area contributed by atoms with E-state index in [0.717, 1.165) is 22.2 Å². The maximum atomic E-state index is 12.5. The number of H-pyrrole nitrogens is 1. The molecule has 1 aliphatic heterocycles. The number of aromatic amines is 1. The Morgan fingerprint density at radius 2 is 2.19 bits per heavy atom. The van der Waals surface area contributed by atoms with Crippen molar-refractivity contribution in [2.24, 2.45) is 5.92 Å². The zero-order valence-electron chi connectivity index (χ0n) is 12.6. The Bertz CT molecular complexity index is 662. The monoisotopic (exact) mass is 286 g/mol. The number of piperidine rings is 1. The third-order valence-corrected chi connectivity index (χ3v) is 4.57. The largest absolute Gasteiger partial charge is 0.393 e. The van der Waals surface area contributed by atoms with Crippen LogP contribution >= 0.6 is 0 Å². The lowest BCUT2D eigenvalue weighted by Crippen LogP contribution is -2.45. The molecule has 112 valence electrons. The van der Waals surface area contributed by atoms with Gasteiger partial charge in [-0.25, -0.2) is 0 Å². The van der Waals surface area contributed by atoms with Gasteiger partial charge in [-0.3, -0.25) is 4.79 Å². The van der Waals surface area contributed by atoms with E-state index in [-0.39, 0.29) is 17.9 Å². The maximum absolute atomic E-state index is 12.5. The second-order valence-corrected chi connectivity index (χ2v) is 6.12. The number of para-hydroxylation sites is 1. The molecule has 1 fully saturated rings. The molecule has 0 aliphatic carbocycles. The minimum Gasteiger partial charge on any atom is -0.393 e. The molecule has 2 atom stereocenters. The minimum atomic E-state index is -0.274. The van der Waals surface area contributed by atoms with Crippen LogP contribution in [-0.4, -0.2) is 40.1 Å². The first-order valence-electron chi connectivity index (χ1n) is 7.58. The van der Waals surface area contributed by atoms with Crippen molar-refractivity contribution in [3.05, 3.63) is 35.5 Å². The van der Waals surface area contributed by atoms with E-state index in [1.807, 2.05) is 36.9 Å². The lowest BCUT2D eigenvalue weighted by atomic mass is 9.96. The highest BCUT2D eigenvalue weighted by molar-refractivity contribution is 5.90. The Morgan fingerprint density at radius 1 is 1.43 bits per heavy atom. The van der Waals surface area contributed by atoms with Gasteiger partial charge in [0.25, 0.3) is 0 Å². The van der Waals surface area contributed by atoms with Crippen LogP contribution < -0.4 is 0 Å². The van der Waals surface area contributed by atoms with Crippen LogP contribution in [-0.2, 0) is 11.2 Å². The van der Waals surface area contributed by atoms with Crippen LogP contribution in [0.1, 0.15) is 24.6 Å². The number of aromatic nitrogens is 1. The van der Waals surface area contributed by atoms with Crippen molar-refractivity contribution in [2.75, 3.05) is 13.1 Å². The summed E-state index contributed by atoms with van der Waals surface area (Å²) in [4.78, 5) is 17.8. The fourth-order valence-electron chi connectivity index (χ4n) is 3.19. The molecule has 0 radical (unpaired) electrons. The molecular formula is C17H22N2O2. The first-order valence-corrected chi connectivity index (χ1v) is 7.58. The Balaban J connectivity index is 1.79. The third kappa shape index (κ3) is 2.68. The van der Waals surface area contributed by atoms with Crippen molar-refractivity contribution in [2.45, 2.75) is 32.8 Å². The summed E-state index contributed by atoms with van der Waals surface area (Å²) < 4.78 is 0. The van der Waals surface area contributed by atoms with Gasteiger partial charge in [0.1, 0.15) is 0 Å². The van der Waals surface area contributed by atoms with Crippen LogP contribution in [0.25, 0.3) is 10.9 Å². The fraction of sp³-hybridized carbons (Fsp3) is 0.471. The summed E-state index contributed by atoms with van der Waals surface area (Å²) in [5, 5.41) is 10.9. The van der Waals surface area contributed by atoms with E-state index in [2.05, 4.69) is 11.1 Å². The smallest absolute Gasteiger partial charge is 0.227 e. The molecule has 0 spiro atoms. The number of aliphatic hydroxyl groups excluding tert-OH is 1. The first kappa shape index (κ1) is 14.1. The number of fused-ring (bicyclic) bond motifs is 1. The number of hydrogen-bond donors (Lipinski definition) is 2. The van der Waals surface area contributed by atoms with Gasteiger partial charge < -0.3 is 15.0 Å². The molecule has 1 saturated heterocycles. The molecule has 4 heteroatoms. The van der Waals surface area contributed by atoms with Crippen LogP contribution in [0.2, 0.25) is 0 Å². The number of nitrogens with zero attached hydrogens (tertiary/aromatic N) is 1. The average Bonchev–Trinajstić information content (AvgIpc) is 2.78. The molecule has 2 N–H and O–H groups in total. The third-order valence-electron chi connectivity index (χ3n) is 4.57. The van der Waals surface area contributed by atoms with E-state index in [9.17, 15) is 9.90 Å². The highest BCUT2D eigenvalue weighted by atomic mass is 16.3. The Morgan fingerprint density at radius 3 is 2.95 bits per heavy atom. The van der Waals surface area contributed by atoms with Gasteiger partial charge in [0, 0.05) is 29.7 Å². The number of benzene rings is 1. The second-order valence-electron chi connectivity index (χ2n) is 6.12. The molecule has 1 amide bonds. The van der Waals surface area contributed by atoms with Crippen molar-refractivity contribution in [3.8, 4) is 0 Å². The number of aliphatic hydroxyl groups is 1. The van der Waals surface area contributed by atoms with Crippen molar-refractivity contribution in [1.29, 1.82) is 0 Å². The quantitative estimate of drug-likeness (QED) is 0.889. The highest BCUT2D eigenvalue weighted by Crippen LogP contribution is 2.24. The first-order chi connectivity index (χ1) is 10.1. The van der Waals surface area contributed by atoms with E-state index in [0.29, 0.717) is 25.9 Å². The Labute approximate surface area is 124 Å². The highest BCUT2D eigenvalue weighted by Gasteiger charge is 2.27. The summed E-state index contributed by atoms with van der Waals surface area (Å²) in [6, 6.07) is 8.10. The predicted molar refractivity (Wildman–Crippen MR) is 83.1 cm³/mol. The molecule has 1 aliphatic rings. The van der Waals surface area contributed by atoms with E-state index < -0.39 is 0 Å². The van der Waals surface area contributed by atoms with Crippen LogP contribution in [0, 0.1) is 12.8 Å². The van der Waals surface area contributed by atoms with E-state index in [4.69, 9.17) is 0 Å². The van der Waals surface area contributed by atoms with Crippen molar-refractivity contribution in [3.63, 3.8) is 0 Å². The number of rotatable bonds is 2. The van der Waals surface area contributed by atoms with E-state index in [1.165, 1.54) is 0 Å². The normalized spacial score (nSPS) is 22.7. The summed E-state index contributed by atoms with van der Waals surface area (Å²) in [6.45, 7) is 5.33. The molecule has 3 rings (SSSR count). The summed E-state index contributed by atoms with van der Waals surface area (Å²) in [7, 11) is 0. The molecule has 4 nitrogen and oxygen atoms in total. The van der Waals surface area contributed by atoms with Crippen LogP contribution in [0.15, 0.2) is 24.3 Å². The lowest BCUT2D eigenvalue weighted by Gasteiger charge is -2.34. The molecular weight excluding hydrogens is 264 g/mol. The lowest BCUT2D eigenvalue weighted by molar-refractivity contribution is -0.133. The number of likely N-dealkylation sites (tertiary alicyclic amines) is 1. The summed E-state index contributed by atoms with van der Waals surface area (Å²) >= 11 is 0. The molecule has 2 aromatic rings. The molecule has 0 saturated carbocycles. The van der Waals surface area contributed by atoms with Gasteiger partial charge >= 0.3 is 0 Å². The summed E-state index contributed by atoms with van der Waals surface area (Å²) in [5.74, 6) is 0.313. The number of nitrogens with one attached hydrogen (secondary N) is 1. The summed E-state index contributed by atoms with van der Waals surface area (Å²) in [5.41, 5.74) is 3.24. The number of hydrogen-bond acceptors (Lipinski definition) is 2. The number of carbonyl (C=O) groups is 1. The number of aryl methyl sites for hydroxylation is 1. The molecule has 1 aromatic heterocycles. The molecule has 0 bridgehead atoms. The zero-order chi connectivity index (χ0) is 15.0. The van der Waals surface area contributed by atoms with Crippen LogP contribution in [0.5, 0.6) is 0 Å². The van der Waals surface area contributed by atoms with Gasteiger partial charge in [-0.2, -0.15) is 0 Å². The Hall–Kier alpha value is -1.81. The number of amides is 1. The number of carbonyl (C=O) groups excluding carboxylic acids is 1. The van der Waals surface area contributed by atoms with Gasteiger partial charge in [0.15, 0.2) is 0 Å². The minimum absolute atomic E-state index is 0.154. The SMILES string of the molecule is Cc1[nH]c2ccccc2c1CC(=O)N1CCC(O)C(C)C1.